The number of amides is 1. The lowest BCUT2D eigenvalue weighted by molar-refractivity contribution is 0.190. The van der Waals surface area contributed by atoms with Crippen molar-refractivity contribution in [3.8, 4) is 0 Å². The summed E-state index contributed by atoms with van der Waals surface area (Å²) in [5, 5.41) is 1.31. The third-order valence-electron chi connectivity index (χ3n) is 3.60. The van der Waals surface area contributed by atoms with Crippen molar-refractivity contribution >= 4 is 29.2 Å². The van der Waals surface area contributed by atoms with Gasteiger partial charge in [0.25, 0.3) is 0 Å². The van der Waals surface area contributed by atoms with Crippen molar-refractivity contribution < 1.29 is 4.79 Å². The van der Waals surface area contributed by atoms with E-state index in [9.17, 15) is 4.79 Å². The van der Waals surface area contributed by atoms with Gasteiger partial charge in [0.2, 0.25) is 0 Å². The van der Waals surface area contributed by atoms with E-state index in [1.807, 2.05) is 17.0 Å². The number of carbonyl (C=O) groups excluding carboxylic acids is 1. The molecule has 0 spiro atoms. The van der Waals surface area contributed by atoms with Crippen molar-refractivity contribution in [1.29, 1.82) is 0 Å². The molecule has 2 rings (SSSR count). The Morgan fingerprint density at radius 2 is 2.17 bits per heavy atom. The molecule has 0 saturated carbocycles. The maximum absolute atomic E-state index is 12.5. The molecular formula is C17H21Cl2N3O. The molecule has 1 aromatic carbocycles. The zero-order chi connectivity index (χ0) is 16.8. The van der Waals surface area contributed by atoms with Gasteiger partial charge in [0.05, 0.1) is 0 Å². The van der Waals surface area contributed by atoms with Gasteiger partial charge in [0.15, 0.2) is 0 Å². The topological polar surface area (TPSA) is 38.1 Å². The van der Waals surface area contributed by atoms with Crippen molar-refractivity contribution in [2.75, 3.05) is 13.1 Å². The Balaban J connectivity index is 2.02. The zero-order valence-corrected chi connectivity index (χ0v) is 14.9. The van der Waals surface area contributed by atoms with Crippen molar-refractivity contribution in [2.24, 2.45) is 5.92 Å². The molecule has 0 radical (unpaired) electrons. The molecule has 1 heterocycles. The summed E-state index contributed by atoms with van der Waals surface area (Å²) in [6, 6.07) is 5.50. The summed E-state index contributed by atoms with van der Waals surface area (Å²) in [7, 11) is 0. The van der Waals surface area contributed by atoms with Crippen LogP contribution in [0.4, 0.5) is 4.79 Å². The predicted molar refractivity (Wildman–Crippen MR) is 94.2 cm³/mol. The minimum atomic E-state index is -0.0431. The Bertz CT molecular complexity index is 643. The van der Waals surface area contributed by atoms with Gasteiger partial charge < -0.3 is 4.90 Å². The number of halogens is 2. The highest BCUT2D eigenvalue weighted by Crippen LogP contribution is 2.23. The van der Waals surface area contributed by atoms with Crippen molar-refractivity contribution in [3.05, 3.63) is 52.5 Å². The van der Waals surface area contributed by atoms with E-state index in [2.05, 4.69) is 18.8 Å². The monoisotopic (exact) mass is 353 g/mol. The van der Waals surface area contributed by atoms with Gasteiger partial charge in [-0.3, -0.25) is 4.57 Å². The summed E-state index contributed by atoms with van der Waals surface area (Å²) in [5.41, 5.74) is 1.05. The van der Waals surface area contributed by atoms with Crippen LogP contribution in [0, 0.1) is 5.92 Å². The minimum absolute atomic E-state index is 0.0431. The molecule has 0 aliphatic rings. The van der Waals surface area contributed by atoms with E-state index in [4.69, 9.17) is 23.2 Å². The van der Waals surface area contributed by atoms with Gasteiger partial charge in [-0.2, -0.15) is 0 Å². The molecule has 0 saturated heterocycles. The Morgan fingerprint density at radius 3 is 2.78 bits per heavy atom. The summed E-state index contributed by atoms with van der Waals surface area (Å²) in [6.45, 7) is 5.57. The number of nitrogens with zero attached hydrogens (tertiary/aromatic N) is 3. The normalized spacial score (nSPS) is 12.2. The average Bonchev–Trinajstić information content (AvgIpc) is 3.03. The summed E-state index contributed by atoms with van der Waals surface area (Å²) in [4.78, 5) is 18.3. The standard InChI is InChI=1S/C17H21Cl2N3O/c1-3-7-21(17(23)22-8-6-20-12-22)11-13(2)9-14-4-5-15(18)10-16(14)19/h4-6,8,10,12-13H,3,7,9,11H2,1-2H3. The first-order valence-electron chi connectivity index (χ1n) is 7.72. The molecule has 124 valence electrons. The SMILES string of the molecule is CCCN(CC(C)Cc1ccc(Cl)cc1Cl)C(=O)n1ccnc1. The van der Waals surface area contributed by atoms with Gasteiger partial charge in [0, 0.05) is 35.5 Å². The van der Waals surface area contributed by atoms with Crippen LogP contribution in [0.2, 0.25) is 10.0 Å². The van der Waals surface area contributed by atoms with E-state index in [1.165, 1.54) is 10.9 Å². The van der Waals surface area contributed by atoms with Gasteiger partial charge in [0.1, 0.15) is 6.33 Å². The van der Waals surface area contributed by atoms with E-state index in [0.29, 0.717) is 16.6 Å². The molecule has 0 aliphatic heterocycles. The largest absolute Gasteiger partial charge is 0.329 e. The fourth-order valence-electron chi connectivity index (χ4n) is 2.57. The molecule has 6 heteroatoms. The van der Waals surface area contributed by atoms with E-state index < -0.39 is 0 Å². The van der Waals surface area contributed by atoms with Crippen molar-refractivity contribution in [3.63, 3.8) is 0 Å². The molecule has 4 nitrogen and oxygen atoms in total. The van der Waals surface area contributed by atoms with Gasteiger partial charge in [-0.25, -0.2) is 9.78 Å². The fraction of sp³-hybridized carbons (Fsp3) is 0.412. The number of hydrogen-bond donors (Lipinski definition) is 0. The number of imidazole rings is 1. The Labute approximate surface area is 147 Å². The molecule has 0 N–H and O–H groups in total. The highest BCUT2D eigenvalue weighted by Gasteiger charge is 2.18. The first kappa shape index (κ1) is 17.8. The van der Waals surface area contributed by atoms with Gasteiger partial charge in [-0.1, -0.05) is 43.1 Å². The summed E-state index contributed by atoms with van der Waals surface area (Å²) in [5.74, 6) is 0.285. The number of aromatic nitrogens is 2. The molecule has 0 bridgehead atoms. The first-order chi connectivity index (χ1) is 11.0. The van der Waals surface area contributed by atoms with Crippen LogP contribution in [0.25, 0.3) is 0 Å². The number of carbonyl (C=O) groups is 1. The van der Waals surface area contributed by atoms with Gasteiger partial charge >= 0.3 is 6.03 Å². The molecule has 1 atom stereocenters. The number of benzene rings is 1. The van der Waals surface area contributed by atoms with Crippen LogP contribution < -0.4 is 0 Å². The third-order valence-corrected chi connectivity index (χ3v) is 4.19. The molecule has 23 heavy (non-hydrogen) atoms. The Morgan fingerprint density at radius 1 is 1.39 bits per heavy atom. The maximum Gasteiger partial charge on any atom is 0.329 e. The second-order valence-corrected chi connectivity index (χ2v) is 6.59. The first-order valence-corrected chi connectivity index (χ1v) is 8.48. The highest BCUT2D eigenvalue weighted by atomic mass is 35.5. The zero-order valence-electron chi connectivity index (χ0n) is 13.4. The van der Waals surface area contributed by atoms with E-state index >= 15 is 0 Å². The Kier molecular flexibility index (Phi) is 6.48. The van der Waals surface area contributed by atoms with Crippen LogP contribution in [-0.4, -0.2) is 33.6 Å². The maximum atomic E-state index is 12.5. The van der Waals surface area contributed by atoms with Crippen LogP contribution in [0.3, 0.4) is 0 Å². The molecule has 0 aliphatic carbocycles. The van der Waals surface area contributed by atoms with E-state index in [0.717, 1.165) is 24.9 Å². The smallest absolute Gasteiger partial charge is 0.324 e. The number of rotatable bonds is 6. The molecule has 0 fully saturated rings. The van der Waals surface area contributed by atoms with Crippen LogP contribution in [-0.2, 0) is 6.42 Å². The molecule has 1 aromatic heterocycles. The van der Waals surface area contributed by atoms with Crippen LogP contribution in [0.5, 0.6) is 0 Å². The molecule has 1 amide bonds. The van der Waals surface area contributed by atoms with Gasteiger partial charge in [-0.05, 0) is 36.5 Å². The second kappa shape index (κ2) is 8.37. The van der Waals surface area contributed by atoms with Crippen molar-refractivity contribution in [2.45, 2.75) is 26.7 Å². The number of hydrogen-bond acceptors (Lipinski definition) is 2. The van der Waals surface area contributed by atoms with Crippen LogP contribution >= 0.6 is 23.2 Å². The second-order valence-electron chi connectivity index (χ2n) is 5.74. The molecule has 1 unspecified atom stereocenters. The molecular weight excluding hydrogens is 333 g/mol. The lowest BCUT2D eigenvalue weighted by Gasteiger charge is -2.25. The highest BCUT2D eigenvalue weighted by molar-refractivity contribution is 6.35. The van der Waals surface area contributed by atoms with Crippen LogP contribution in [0.15, 0.2) is 36.9 Å². The lowest BCUT2D eigenvalue weighted by atomic mass is 10.0. The van der Waals surface area contributed by atoms with Crippen molar-refractivity contribution in [1.82, 2.24) is 14.5 Å². The van der Waals surface area contributed by atoms with Crippen LogP contribution in [0.1, 0.15) is 25.8 Å². The third kappa shape index (κ3) is 4.98. The minimum Gasteiger partial charge on any atom is -0.324 e. The summed E-state index contributed by atoms with van der Waals surface area (Å²) in [6.07, 6.45) is 6.53. The lowest BCUT2D eigenvalue weighted by Crippen LogP contribution is -2.38. The predicted octanol–water partition coefficient (Wildman–Crippen LogP) is 4.75. The quantitative estimate of drug-likeness (QED) is 0.751. The van der Waals surface area contributed by atoms with E-state index in [-0.39, 0.29) is 11.9 Å². The summed E-state index contributed by atoms with van der Waals surface area (Å²) >= 11 is 12.2. The average molecular weight is 354 g/mol. The van der Waals surface area contributed by atoms with Gasteiger partial charge in [-0.15, -0.1) is 0 Å². The fourth-order valence-corrected chi connectivity index (χ4v) is 3.06. The van der Waals surface area contributed by atoms with E-state index in [1.54, 1.807) is 18.5 Å². The summed E-state index contributed by atoms with van der Waals surface area (Å²) < 4.78 is 1.51. The molecule has 2 aromatic rings. The Hall–Kier alpha value is -1.52.